The highest BCUT2D eigenvalue weighted by Gasteiger charge is 2.33. The smallest absolute Gasteiger partial charge is 0.0531 e. The molecule has 3 heteroatoms. The molecule has 0 radical (unpaired) electrons. The highest BCUT2D eigenvalue weighted by atomic mass is 16.5. The van der Waals surface area contributed by atoms with Crippen LogP contribution in [0.1, 0.15) is 40.0 Å². The Hall–Kier alpha value is -0.120. The fourth-order valence-electron chi connectivity index (χ4n) is 2.96. The van der Waals surface area contributed by atoms with Gasteiger partial charge in [-0.05, 0) is 38.4 Å². The average molecular weight is 256 g/mol. The van der Waals surface area contributed by atoms with Crippen LogP contribution in [0.2, 0.25) is 0 Å². The molecule has 1 atom stereocenters. The number of ether oxygens (including phenoxy) is 1. The zero-order chi connectivity index (χ0) is 13.4. The van der Waals surface area contributed by atoms with Crippen LogP contribution in [0.15, 0.2) is 0 Å². The van der Waals surface area contributed by atoms with Crippen molar-refractivity contribution in [1.82, 2.24) is 10.2 Å². The Morgan fingerprint density at radius 1 is 1.28 bits per heavy atom. The maximum atomic E-state index is 5.51. The van der Waals surface area contributed by atoms with E-state index in [4.69, 9.17) is 4.74 Å². The van der Waals surface area contributed by atoms with Crippen molar-refractivity contribution in [3.05, 3.63) is 0 Å². The Kier molecular flexibility index (Phi) is 7.20. The van der Waals surface area contributed by atoms with Gasteiger partial charge >= 0.3 is 0 Å². The van der Waals surface area contributed by atoms with Gasteiger partial charge in [-0.3, -0.25) is 0 Å². The Balaban J connectivity index is 2.56. The first-order chi connectivity index (χ1) is 8.65. The van der Waals surface area contributed by atoms with Crippen LogP contribution < -0.4 is 5.32 Å². The summed E-state index contributed by atoms with van der Waals surface area (Å²) >= 11 is 0. The zero-order valence-corrected chi connectivity index (χ0v) is 12.8. The molecule has 1 rings (SSSR count). The summed E-state index contributed by atoms with van der Waals surface area (Å²) < 4.78 is 5.51. The molecule has 1 N–H and O–H groups in total. The predicted molar refractivity (Wildman–Crippen MR) is 78.0 cm³/mol. The highest BCUT2D eigenvalue weighted by Crippen LogP contribution is 2.30. The molecule has 0 aromatic carbocycles. The molecule has 1 aliphatic rings. The second-order valence-electron chi connectivity index (χ2n) is 6.02. The van der Waals surface area contributed by atoms with Gasteiger partial charge in [-0.1, -0.05) is 27.2 Å². The summed E-state index contributed by atoms with van der Waals surface area (Å²) in [6, 6.07) is 0. The lowest BCUT2D eigenvalue weighted by Crippen LogP contribution is -2.48. The van der Waals surface area contributed by atoms with Crippen LogP contribution in [-0.2, 0) is 4.74 Å². The molecule has 0 spiro atoms. The van der Waals surface area contributed by atoms with Crippen LogP contribution in [-0.4, -0.2) is 51.3 Å². The van der Waals surface area contributed by atoms with Crippen LogP contribution in [0.4, 0.5) is 0 Å². The lowest BCUT2D eigenvalue weighted by Gasteiger charge is -2.41. The lowest BCUT2D eigenvalue weighted by molar-refractivity contribution is 0.0203. The van der Waals surface area contributed by atoms with E-state index in [2.05, 4.69) is 31.0 Å². The van der Waals surface area contributed by atoms with Gasteiger partial charge in [0.15, 0.2) is 0 Å². The van der Waals surface area contributed by atoms with Crippen molar-refractivity contribution in [1.29, 1.82) is 0 Å². The Labute approximate surface area is 113 Å². The van der Waals surface area contributed by atoms with Crippen LogP contribution in [0, 0.1) is 11.3 Å². The van der Waals surface area contributed by atoms with Crippen molar-refractivity contribution in [2.75, 3.05) is 46.4 Å². The lowest BCUT2D eigenvalue weighted by atomic mass is 9.79. The van der Waals surface area contributed by atoms with Crippen molar-refractivity contribution in [3.8, 4) is 0 Å². The van der Waals surface area contributed by atoms with Crippen LogP contribution in [0.3, 0.4) is 0 Å². The molecular formula is C15H32N2O. The van der Waals surface area contributed by atoms with Crippen molar-refractivity contribution in [2.45, 2.75) is 40.0 Å². The monoisotopic (exact) mass is 256 g/mol. The van der Waals surface area contributed by atoms with E-state index in [1.54, 1.807) is 0 Å². The Morgan fingerprint density at radius 3 is 2.44 bits per heavy atom. The number of nitrogens with one attached hydrogen (secondary N) is 1. The van der Waals surface area contributed by atoms with E-state index < -0.39 is 0 Å². The molecule has 18 heavy (non-hydrogen) atoms. The van der Waals surface area contributed by atoms with Gasteiger partial charge < -0.3 is 15.0 Å². The fraction of sp³-hybridized carbons (Fsp3) is 1.00. The maximum Gasteiger partial charge on any atom is 0.0531 e. The Morgan fingerprint density at radius 2 is 1.94 bits per heavy atom. The summed E-state index contributed by atoms with van der Waals surface area (Å²) in [6.45, 7) is 13.7. The fourth-order valence-corrected chi connectivity index (χ4v) is 2.96. The molecule has 0 aliphatic carbocycles. The summed E-state index contributed by atoms with van der Waals surface area (Å²) in [7, 11) is 1.84. The third-order valence-electron chi connectivity index (χ3n) is 4.39. The predicted octanol–water partition coefficient (Wildman–Crippen LogP) is 2.37. The molecule has 1 unspecified atom stereocenters. The second kappa shape index (κ2) is 8.13. The number of methoxy groups -OCH3 is 1. The maximum absolute atomic E-state index is 5.51. The van der Waals surface area contributed by atoms with E-state index >= 15 is 0 Å². The average Bonchev–Trinajstić information content (AvgIpc) is 2.39. The van der Waals surface area contributed by atoms with Gasteiger partial charge in [0.25, 0.3) is 0 Å². The van der Waals surface area contributed by atoms with Crippen LogP contribution in [0.5, 0.6) is 0 Å². The molecule has 0 aromatic heterocycles. The van der Waals surface area contributed by atoms with Crippen molar-refractivity contribution < 1.29 is 4.74 Å². The summed E-state index contributed by atoms with van der Waals surface area (Å²) in [4.78, 5) is 2.62. The van der Waals surface area contributed by atoms with Gasteiger partial charge in [-0.15, -0.1) is 0 Å². The molecular weight excluding hydrogens is 224 g/mol. The minimum Gasteiger partial charge on any atom is -0.384 e. The molecule has 1 aliphatic heterocycles. The second-order valence-corrected chi connectivity index (χ2v) is 6.02. The molecule has 0 aromatic rings. The number of nitrogens with zero attached hydrogens (tertiary/aromatic N) is 1. The molecule has 3 nitrogen and oxygen atoms in total. The van der Waals surface area contributed by atoms with E-state index in [9.17, 15) is 0 Å². The van der Waals surface area contributed by atoms with Crippen LogP contribution >= 0.6 is 0 Å². The normalized spacial score (nSPS) is 21.2. The van der Waals surface area contributed by atoms with E-state index in [1.807, 2.05) is 7.11 Å². The van der Waals surface area contributed by atoms with Crippen LogP contribution in [0.25, 0.3) is 0 Å². The van der Waals surface area contributed by atoms with Crippen molar-refractivity contribution >= 4 is 0 Å². The number of rotatable bonds is 8. The zero-order valence-electron chi connectivity index (χ0n) is 12.8. The minimum absolute atomic E-state index is 0.378. The number of piperidine rings is 1. The highest BCUT2D eigenvalue weighted by molar-refractivity contribution is 4.87. The van der Waals surface area contributed by atoms with Gasteiger partial charge in [0.05, 0.1) is 6.61 Å². The molecule has 1 fully saturated rings. The molecule has 0 amide bonds. The van der Waals surface area contributed by atoms with Gasteiger partial charge in [-0.2, -0.15) is 0 Å². The Bertz CT molecular complexity index is 209. The van der Waals surface area contributed by atoms with Gasteiger partial charge in [0.2, 0.25) is 0 Å². The van der Waals surface area contributed by atoms with E-state index in [0.29, 0.717) is 5.41 Å². The summed E-state index contributed by atoms with van der Waals surface area (Å²) in [5.74, 6) is 0.797. The topological polar surface area (TPSA) is 24.5 Å². The third kappa shape index (κ3) is 4.87. The first-order valence-electron chi connectivity index (χ1n) is 7.57. The summed E-state index contributed by atoms with van der Waals surface area (Å²) in [5.41, 5.74) is 0.378. The number of hydrogen-bond acceptors (Lipinski definition) is 3. The quantitative estimate of drug-likeness (QED) is 0.721. The molecule has 1 heterocycles. The van der Waals surface area contributed by atoms with E-state index in [0.717, 1.165) is 32.2 Å². The largest absolute Gasteiger partial charge is 0.384 e. The third-order valence-corrected chi connectivity index (χ3v) is 4.39. The standard InChI is InChI=1S/C15H32N2O/c1-5-14(3)11-17(6-2)12-15(13-18-4)7-9-16-10-8-15/h14,16H,5-13H2,1-4H3. The molecule has 108 valence electrons. The van der Waals surface area contributed by atoms with E-state index in [-0.39, 0.29) is 0 Å². The van der Waals surface area contributed by atoms with Crippen molar-refractivity contribution in [3.63, 3.8) is 0 Å². The minimum atomic E-state index is 0.378. The van der Waals surface area contributed by atoms with Gasteiger partial charge in [-0.25, -0.2) is 0 Å². The SMILES string of the molecule is CCC(C)CN(CC)CC1(COC)CCNCC1. The summed E-state index contributed by atoms with van der Waals surface area (Å²) in [6.07, 6.45) is 3.77. The number of hydrogen-bond donors (Lipinski definition) is 1. The molecule has 1 saturated heterocycles. The first-order valence-corrected chi connectivity index (χ1v) is 7.57. The molecule has 0 bridgehead atoms. The van der Waals surface area contributed by atoms with Crippen molar-refractivity contribution in [2.24, 2.45) is 11.3 Å². The van der Waals surface area contributed by atoms with Gasteiger partial charge in [0, 0.05) is 25.6 Å². The summed E-state index contributed by atoms with van der Waals surface area (Å²) in [5, 5.41) is 3.47. The van der Waals surface area contributed by atoms with E-state index in [1.165, 1.54) is 32.4 Å². The molecule has 0 saturated carbocycles. The van der Waals surface area contributed by atoms with Gasteiger partial charge in [0.1, 0.15) is 0 Å². The first kappa shape index (κ1) is 15.9.